The van der Waals surface area contributed by atoms with E-state index in [9.17, 15) is 18.4 Å². The predicted octanol–water partition coefficient (Wildman–Crippen LogP) is 2.71. The Hall–Kier alpha value is -1.36. The zero-order valence-corrected chi connectivity index (χ0v) is 8.74. The topological polar surface area (TPSA) is 34.1 Å². The van der Waals surface area contributed by atoms with Gasteiger partial charge in [0.25, 0.3) is 0 Å². The number of ketones is 2. The van der Waals surface area contributed by atoms with E-state index in [-0.39, 0.29) is 4.88 Å². The van der Waals surface area contributed by atoms with Gasteiger partial charge in [-0.05, 0) is 11.4 Å². The molecule has 0 spiro atoms. The summed E-state index contributed by atoms with van der Waals surface area (Å²) in [6.07, 6.45) is 0. The van der Waals surface area contributed by atoms with Crippen LogP contribution in [-0.4, -0.2) is 17.5 Å². The Morgan fingerprint density at radius 3 is 2.47 bits per heavy atom. The Labute approximate surface area is 89.2 Å². The normalized spacial score (nSPS) is 11.1. The molecule has 0 saturated heterocycles. The van der Waals surface area contributed by atoms with Crippen molar-refractivity contribution in [3.05, 3.63) is 34.5 Å². The van der Waals surface area contributed by atoms with Crippen LogP contribution in [0.3, 0.4) is 0 Å². The second-order valence-electron chi connectivity index (χ2n) is 3.00. The maximum absolute atomic E-state index is 12.6. The van der Waals surface area contributed by atoms with Crippen molar-refractivity contribution < 1.29 is 18.4 Å². The highest BCUT2D eigenvalue weighted by Gasteiger charge is 2.36. The second kappa shape index (κ2) is 4.02. The van der Waals surface area contributed by atoms with Crippen LogP contribution in [0.4, 0.5) is 8.78 Å². The molecular formula is C10H8F2O2S. The maximum atomic E-state index is 12.6. The largest absolute Gasteiger partial charge is 0.307 e. The molecule has 0 bridgehead atoms. The van der Waals surface area contributed by atoms with Crippen LogP contribution in [0.15, 0.2) is 29.7 Å². The molecule has 80 valence electrons. The van der Waals surface area contributed by atoms with E-state index >= 15 is 0 Å². The fourth-order valence-corrected chi connectivity index (χ4v) is 1.62. The SMILES string of the molecule is C=C(C(=O)c1cccs1)C(=O)C(C)(F)F. The molecule has 0 unspecified atom stereocenters. The molecule has 0 aliphatic heterocycles. The van der Waals surface area contributed by atoms with Gasteiger partial charge in [-0.15, -0.1) is 11.3 Å². The Bertz CT molecular complexity index is 402. The molecule has 0 fully saturated rings. The number of allylic oxidation sites excluding steroid dienone is 1. The molecule has 2 nitrogen and oxygen atoms in total. The molecule has 0 aliphatic rings. The van der Waals surface area contributed by atoms with Crippen LogP contribution in [-0.2, 0) is 4.79 Å². The molecule has 0 aliphatic carbocycles. The van der Waals surface area contributed by atoms with Crippen molar-refractivity contribution in [1.29, 1.82) is 0 Å². The van der Waals surface area contributed by atoms with Crippen LogP contribution in [0.2, 0.25) is 0 Å². The van der Waals surface area contributed by atoms with Gasteiger partial charge in [0.2, 0.25) is 11.6 Å². The molecule has 1 aromatic rings. The molecule has 0 radical (unpaired) electrons. The van der Waals surface area contributed by atoms with Gasteiger partial charge in [0.05, 0.1) is 10.5 Å². The highest BCUT2D eigenvalue weighted by molar-refractivity contribution is 7.12. The lowest BCUT2D eigenvalue weighted by Crippen LogP contribution is -2.28. The quantitative estimate of drug-likeness (QED) is 0.345. The van der Waals surface area contributed by atoms with Crippen molar-refractivity contribution in [1.82, 2.24) is 0 Å². The molecule has 0 amide bonds. The molecule has 15 heavy (non-hydrogen) atoms. The Morgan fingerprint density at radius 1 is 1.47 bits per heavy atom. The number of halogens is 2. The van der Waals surface area contributed by atoms with Gasteiger partial charge < -0.3 is 0 Å². The van der Waals surface area contributed by atoms with E-state index in [1.807, 2.05) is 0 Å². The van der Waals surface area contributed by atoms with E-state index in [0.717, 1.165) is 11.3 Å². The molecular weight excluding hydrogens is 222 g/mol. The van der Waals surface area contributed by atoms with Crippen molar-refractivity contribution in [3.63, 3.8) is 0 Å². The lowest BCUT2D eigenvalue weighted by molar-refractivity contribution is -0.135. The third-order valence-corrected chi connectivity index (χ3v) is 2.56. The van der Waals surface area contributed by atoms with Crippen LogP contribution in [0.5, 0.6) is 0 Å². The Kier molecular flexibility index (Phi) is 3.14. The van der Waals surface area contributed by atoms with Gasteiger partial charge in [-0.2, -0.15) is 8.78 Å². The van der Waals surface area contributed by atoms with E-state index in [0.29, 0.717) is 6.92 Å². The summed E-state index contributed by atoms with van der Waals surface area (Å²) in [4.78, 5) is 22.7. The van der Waals surface area contributed by atoms with Crippen LogP contribution in [0.1, 0.15) is 16.6 Å². The van der Waals surface area contributed by atoms with Crippen LogP contribution < -0.4 is 0 Å². The molecule has 5 heteroatoms. The van der Waals surface area contributed by atoms with E-state index in [1.54, 1.807) is 11.4 Å². The molecule has 0 atom stereocenters. The summed E-state index contributed by atoms with van der Waals surface area (Å²) < 4.78 is 25.2. The number of alkyl halides is 2. The summed E-state index contributed by atoms with van der Waals surface area (Å²) in [5, 5.41) is 1.62. The van der Waals surface area contributed by atoms with Crippen molar-refractivity contribution in [3.8, 4) is 0 Å². The summed E-state index contributed by atoms with van der Waals surface area (Å²) in [5.74, 6) is -5.82. The van der Waals surface area contributed by atoms with Gasteiger partial charge in [0.1, 0.15) is 0 Å². The van der Waals surface area contributed by atoms with Crippen molar-refractivity contribution >= 4 is 22.9 Å². The summed E-state index contributed by atoms with van der Waals surface area (Å²) in [5.41, 5.74) is -0.676. The zero-order chi connectivity index (χ0) is 11.6. The van der Waals surface area contributed by atoms with Gasteiger partial charge in [-0.25, -0.2) is 0 Å². The lowest BCUT2D eigenvalue weighted by Gasteiger charge is -2.09. The third-order valence-electron chi connectivity index (χ3n) is 1.69. The Balaban J connectivity index is 2.88. The first kappa shape index (κ1) is 11.7. The van der Waals surface area contributed by atoms with E-state index in [2.05, 4.69) is 6.58 Å². The number of thiophene rings is 1. The number of Topliss-reactive ketones (excluding diaryl/α,β-unsaturated/α-hetero) is 2. The number of rotatable bonds is 4. The molecule has 0 aromatic carbocycles. The first-order valence-corrected chi connectivity index (χ1v) is 4.91. The fraction of sp³-hybridized carbons (Fsp3) is 0.200. The predicted molar refractivity (Wildman–Crippen MR) is 53.4 cm³/mol. The van der Waals surface area contributed by atoms with E-state index < -0.39 is 23.1 Å². The number of carbonyl (C=O) groups is 2. The minimum absolute atomic E-state index is 0.234. The van der Waals surface area contributed by atoms with E-state index in [4.69, 9.17) is 0 Å². The molecule has 1 heterocycles. The molecule has 0 saturated carbocycles. The van der Waals surface area contributed by atoms with E-state index in [1.165, 1.54) is 6.07 Å². The number of carbonyl (C=O) groups excluding carboxylic acids is 2. The van der Waals surface area contributed by atoms with Crippen LogP contribution >= 0.6 is 11.3 Å². The minimum Gasteiger partial charge on any atom is -0.288 e. The van der Waals surface area contributed by atoms with Gasteiger partial charge in [-0.1, -0.05) is 12.6 Å². The van der Waals surface area contributed by atoms with Crippen molar-refractivity contribution in [2.24, 2.45) is 0 Å². The Morgan fingerprint density at radius 2 is 2.07 bits per heavy atom. The summed E-state index contributed by atoms with van der Waals surface area (Å²) in [6, 6.07) is 3.05. The van der Waals surface area contributed by atoms with Crippen molar-refractivity contribution in [2.75, 3.05) is 0 Å². The summed E-state index contributed by atoms with van der Waals surface area (Å²) in [7, 11) is 0. The maximum Gasteiger partial charge on any atom is 0.307 e. The summed E-state index contributed by atoms with van der Waals surface area (Å²) in [6.45, 7) is 3.55. The average molecular weight is 230 g/mol. The van der Waals surface area contributed by atoms with Gasteiger partial charge in [-0.3, -0.25) is 9.59 Å². The van der Waals surface area contributed by atoms with Crippen LogP contribution in [0, 0.1) is 0 Å². The first-order chi connectivity index (χ1) is 6.84. The van der Waals surface area contributed by atoms with Crippen molar-refractivity contribution in [2.45, 2.75) is 12.8 Å². The fourth-order valence-electron chi connectivity index (χ4n) is 0.925. The smallest absolute Gasteiger partial charge is 0.288 e. The summed E-state index contributed by atoms with van der Waals surface area (Å²) >= 11 is 1.08. The highest BCUT2D eigenvalue weighted by atomic mass is 32.1. The van der Waals surface area contributed by atoms with Gasteiger partial charge in [0.15, 0.2) is 0 Å². The first-order valence-electron chi connectivity index (χ1n) is 4.03. The molecule has 1 rings (SSSR count). The van der Waals surface area contributed by atoms with Gasteiger partial charge in [0, 0.05) is 6.92 Å². The van der Waals surface area contributed by atoms with Gasteiger partial charge >= 0.3 is 5.92 Å². The molecule has 0 N–H and O–H groups in total. The lowest BCUT2D eigenvalue weighted by atomic mass is 10.0. The number of hydrogen-bond acceptors (Lipinski definition) is 3. The standard InChI is InChI=1S/C10H8F2O2S/c1-6(9(14)10(2,11)12)8(13)7-4-3-5-15-7/h3-5H,1H2,2H3. The number of hydrogen-bond donors (Lipinski definition) is 0. The highest BCUT2D eigenvalue weighted by Crippen LogP contribution is 2.21. The van der Waals surface area contributed by atoms with Crippen LogP contribution in [0.25, 0.3) is 0 Å². The minimum atomic E-state index is -3.55. The zero-order valence-electron chi connectivity index (χ0n) is 7.92. The molecule has 1 aromatic heterocycles. The second-order valence-corrected chi connectivity index (χ2v) is 3.95. The average Bonchev–Trinajstić information content (AvgIpc) is 2.65. The monoisotopic (exact) mass is 230 g/mol. The third kappa shape index (κ3) is 2.56.